The van der Waals surface area contributed by atoms with E-state index < -0.39 is 12.0 Å². The maximum atomic E-state index is 12.5. The van der Waals surface area contributed by atoms with Gasteiger partial charge in [-0.15, -0.1) is 0 Å². The van der Waals surface area contributed by atoms with Crippen molar-refractivity contribution >= 4 is 11.9 Å². The SMILES string of the molecule is COc1ccc(C(NC(=O)c2ccc3c(c2)CCC3)C(=O)O)cc1. The van der Waals surface area contributed by atoms with Gasteiger partial charge in [-0.1, -0.05) is 18.2 Å². The number of fused-ring (bicyclic) bond motifs is 1. The lowest BCUT2D eigenvalue weighted by Crippen LogP contribution is -2.33. The number of carbonyl (C=O) groups is 2. The summed E-state index contributed by atoms with van der Waals surface area (Å²) < 4.78 is 5.07. The number of benzene rings is 2. The average Bonchev–Trinajstić information content (AvgIpc) is 3.07. The third-order valence-electron chi connectivity index (χ3n) is 4.33. The lowest BCUT2D eigenvalue weighted by atomic mass is 10.0. The summed E-state index contributed by atoms with van der Waals surface area (Å²) in [7, 11) is 1.54. The normalized spacial score (nSPS) is 13.9. The molecule has 2 aromatic carbocycles. The van der Waals surface area contributed by atoms with Crippen molar-refractivity contribution in [2.24, 2.45) is 0 Å². The minimum Gasteiger partial charge on any atom is -0.497 e. The summed E-state index contributed by atoms with van der Waals surface area (Å²) in [5.74, 6) is -0.851. The van der Waals surface area contributed by atoms with Gasteiger partial charge in [-0.2, -0.15) is 0 Å². The van der Waals surface area contributed by atoms with Crippen LogP contribution in [0.2, 0.25) is 0 Å². The van der Waals surface area contributed by atoms with Crippen LogP contribution in [0.4, 0.5) is 0 Å². The third-order valence-corrected chi connectivity index (χ3v) is 4.33. The van der Waals surface area contributed by atoms with Gasteiger partial charge in [0.1, 0.15) is 5.75 Å². The van der Waals surface area contributed by atoms with E-state index in [9.17, 15) is 14.7 Å². The van der Waals surface area contributed by atoms with E-state index in [0.717, 1.165) is 19.3 Å². The monoisotopic (exact) mass is 325 g/mol. The molecule has 2 aromatic rings. The number of ether oxygens (including phenoxy) is 1. The van der Waals surface area contributed by atoms with Gasteiger partial charge in [-0.3, -0.25) is 4.79 Å². The molecule has 1 atom stereocenters. The molecular weight excluding hydrogens is 306 g/mol. The van der Waals surface area contributed by atoms with Crippen LogP contribution in [0.1, 0.15) is 39.5 Å². The lowest BCUT2D eigenvalue weighted by molar-refractivity contribution is -0.139. The molecule has 0 radical (unpaired) electrons. The molecule has 1 aliphatic carbocycles. The molecule has 0 saturated carbocycles. The van der Waals surface area contributed by atoms with Crippen molar-refractivity contribution < 1.29 is 19.4 Å². The molecule has 24 heavy (non-hydrogen) atoms. The van der Waals surface area contributed by atoms with Gasteiger partial charge in [0, 0.05) is 5.56 Å². The molecule has 0 spiro atoms. The minimum atomic E-state index is -1.10. The first-order chi connectivity index (χ1) is 11.6. The molecule has 2 N–H and O–H groups in total. The van der Waals surface area contributed by atoms with Crippen LogP contribution in [0.25, 0.3) is 0 Å². The number of carboxylic acid groups (broad SMARTS) is 1. The number of methoxy groups -OCH3 is 1. The Kier molecular flexibility index (Phi) is 4.51. The molecule has 0 fully saturated rings. The summed E-state index contributed by atoms with van der Waals surface area (Å²) in [6.07, 6.45) is 3.11. The Balaban J connectivity index is 1.80. The van der Waals surface area contributed by atoms with Crippen LogP contribution in [0.3, 0.4) is 0 Å². The van der Waals surface area contributed by atoms with Crippen molar-refractivity contribution in [1.29, 1.82) is 0 Å². The van der Waals surface area contributed by atoms with E-state index in [1.165, 1.54) is 11.1 Å². The molecule has 0 bridgehead atoms. The Morgan fingerprint density at radius 2 is 1.79 bits per heavy atom. The Morgan fingerprint density at radius 1 is 1.08 bits per heavy atom. The van der Waals surface area contributed by atoms with Crippen molar-refractivity contribution in [2.45, 2.75) is 25.3 Å². The summed E-state index contributed by atoms with van der Waals surface area (Å²) in [4.78, 5) is 24.0. The van der Waals surface area contributed by atoms with E-state index in [2.05, 4.69) is 5.32 Å². The van der Waals surface area contributed by atoms with Gasteiger partial charge in [0.15, 0.2) is 6.04 Å². The van der Waals surface area contributed by atoms with E-state index in [-0.39, 0.29) is 5.91 Å². The molecule has 0 aliphatic heterocycles. The standard InChI is InChI=1S/C19H19NO4/c1-24-16-9-7-13(8-10-16)17(19(22)23)20-18(21)15-6-5-12-3-2-4-14(12)11-15/h5-11,17H,2-4H2,1H3,(H,20,21)(H,22,23). The van der Waals surface area contributed by atoms with Crippen LogP contribution in [0.15, 0.2) is 42.5 Å². The molecule has 1 unspecified atom stereocenters. The van der Waals surface area contributed by atoms with Gasteiger partial charge in [0.05, 0.1) is 7.11 Å². The molecule has 0 heterocycles. The zero-order valence-electron chi connectivity index (χ0n) is 13.4. The number of carboxylic acids is 1. The number of hydrogen-bond acceptors (Lipinski definition) is 3. The van der Waals surface area contributed by atoms with Crippen LogP contribution in [-0.2, 0) is 17.6 Å². The summed E-state index contributed by atoms with van der Waals surface area (Å²) in [5.41, 5.74) is 3.45. The predicted octanol–water partition coefficient (Wildman–Crippen LogP) is 2.74. The van der Waals surface area contributed by atoms with Crippen LogP contribution in [0, 0.1) is 0 Å². The van der Waals surface area contributed by atoms with Gasteiger partial charge in [0.2, 0.25) is 0 Å². The lowest BCUT2D eigenvalue weighted by Gasteiger charge is -2.16. The van der Waals surface area contributed by atoms with Gasteiger partial charge in [0.25, 0.3) is 5.91 Å². The van der Waals surface area contributed by atoms with E-state index >= 15 is 0 Å². The minimum absolute atomic E-state index is 0.382. The van der Waals surface area contributed by atoms with Gasteiger partial charge < -0.3 is 15.2 Å². The van der Waals surface area contributed by atoms with E-state index in [4.69, 9.17) is 4.74 Å². The molecule has 5 heteroatoms. The number of aliphatic carboxylic acids is 1. The first-order valence-corrected chi connectivity index (χ1v) is 7.88. The Labute approximate surface area is 140 Å². The van der Waals surface area contributed by atoms with E-state index in [1.54, 1.807) is 37.4 Å². The van der Waals surface area contributed by atoms with Gasteiger partial charge in [-0.25, -0.2) is 4.79 Å². The predicted molar refractivity (Wildman–Crippen MR) is 89.3 cm³/mol. The van der Waals surface area contributed by atoms with Crippen LogP contribution < -0.4 is 10.1 Å². The highest BCUT2D eigenvalue weighted by Crippen LogP contribution is 2.23. The molecule has 3 rings (SSSR count). The molecule has 124 valence electrons. The number of nitrogens with one attached hydrogen (secondary N) is 1. The second kappa shape index (κ2) is 6.74. The second-order valence-corrected chi connectivity index (χ2v) is 5.85. The van der Waals surface area contributed by atoms with Gasteiger partial charge >= 0.3 is 5.97 Å². The molecular formula is C19H19NO4. The van der Waals surface area contributed by atoms with Crippen molar-refractivity contribution in [3.05, 3.63) is 64.7 Å². The van der Waals surface area contributed by atoms with Gasteiger partial charge in [-0.05, 0) is 60.2 Å². The largest absolute Gasteiger partial charge is 0.497 e. The molecule has 0 saturated heterocycles. The molecule has 5 nitrogen and oxygen atoms in total. The fourth-order valence-corrected chi connectivity index (χ4v) is 3.01. The van der Waals surface area contributed by atoms with Crippen LogP contribution in [-0.4, -0.2) is 24.1 Å². The number of carbonyl (C=O) groups excluding carboxylic acids is 1. The number of hydrogen-bond donors (Lipinski definition) is 2. The molecule has 0 aromatic heterocycles. The van der Waals surface area contributed by atoms with Crippen LogP contribution >= 0.6 is 0 Å². The number of rotatable bonds is 5. The molecule has 1 amide bonds. The zero-order chi connectivity index (χ0) is 17.1. The maximum Gasteiger partial charge on any atom is 0.330 e. The topological polar surface area (TPSA) is 75.6 Å². The van der Waals surface area contributed by atoms with Crippen molar-refractivity contribution in [3.63, 3.8) is 0 Å². The van der Waals surface area contributed by atoms with E-state index in [0.29, 0.717) is 16.9 Å². The summed E-state index contributed by atoms with van der Waals surface area (Å²) in [5, 5.41) is 12.1. The first-order valence-electron chi connectivity index (χ1n) is 7.88. The third kappa shape index (κ3) is 3.25. The van der Waals surface area contributed by atoms with Crippen molar-refractivity contribution in [3.8, 4) is 5.75 Å². The second-order valence-electron chi connectivity index (χ2n) is 5.85. The fourth-order valence-electron chi connectivity index (χ4n) is 3.01. The molecule has 1 aliphatic rings. The summed E-state index contributed by atoms with van der Waals surface area (Å²) >= 11 is 0. The van der Waals surface area contributed by atoms with Crippen molar-refractivity contribution in [2.75, 3.05) is 7.11 Å². The quantitative estimate of drug-likeness (QED) is 0.886. The first kappa shape index (κ1) is 16.1. The van der Waals surface area contributed by atoms with Crippen molar-refractivity contribution in [1.82, 2.24) is 5.32 Å². The highest BCUT2D eigenvalue weighted by atomic mass is 16.5. The Morgan fingerprint density at radius 3 is 2.46 bits per heavy atom. The highest BCUT2D eigenvalue weighted by molar-refractivity contribution is 5.97. The average molecular weight is 325 g/mol. The maximum absolute atomic E-state index is 12.5. The summed E-state index contributed by atoms with van der Waals surface area (Å²) in [6.45, 7) is 0. The Hall–Kier alpha value is -2.82. The van der Waals surface area contributed by atoms with Crippen LogP contribution in [0.5, 0.6) is 5.75 Å². The summed E-state index contributed by atoms with van der Waals surface area (Å²) in [6, 6.07) is 11.1. The smallest absolute Gasteiger partial charge is 0.330 e. The Bertz CT molecular complexity index is 767. The number of amides is 1. The number of aryl methyl sites for hydroxylation is 2. The zero-order valence-corrected chi connectivity index (χ0v) is 13.4. The van der Waals surface area contributed by atoms with E-state index in [1.807, 2.05) is 12.1 Å². The fraction of sp³-hybridized carbons (Fsp3) is 0.263. The highest BCUT2D eigenvalue weighted by Gasteiger charge is 2.23.